The lowest BCUT2D eigenvalue weighted by Gasteiger charge is -2.32. The lowest BCUT2D eigenvalue weighted by molar-refractivity contribution is 0.0700. The van der Waals surface area contributed by atoms with Crippen LogP contribution in [0.25, 0.3) is 10.2 Å². The third kappa shape index (κ3) is 2.57. The van der Waals surface area contributed by atoms with Crippen LogP contribution in [0.3, 0.4) is 0 Å². The highest BCUT2D eigenvalue weighted by molar-refractivity contribution is 7.17. The third-order valence-corrected chi connectivity index (χ3v) is 5.58. The molecule has 3 aromatic rings. The summed E-state index contributed by atoms with van der Waals surface area (Å²) in [4.78, 5) is 18.0. The average Bonchev–Trinajstić information content (AvgIpc) is 3.29. The SMILES string of the molecule is CCc1cn[nH]c1C1CCCN(C(=O)c2cc3sccc3[nH]2)C1. The molecule has 1 fully saturated rings. The number of nitrogens with zero attached hydrogens (tertiary/aromatic N) is 2. The zero-order valence-corrected chi connectivity index (χ0v) is 13.9. The van der Waals surface area contributed by atoms with E-state index in [0.717, 1.165) is 42.6 Å². The summed E-state index contributed by atoms with van der Waals surface area (Å²) in [6.07, 6.45) is 5.03. The number of piperidine rings is 1. The normalized spacial score (nSPS) is 18.7. The van der Waals surface area contributed by atoms with Crippen LogP contribution in [-0.4, -0.2) is 39.1 Å². The first kappa shape index (κ1) is 14.5. The second kappa shape index (κ2) is 5.85. The summed E-state index contributed by atoms with van der Waals surface area (Å²) in [5.74, 6) is 0.469. The van der Waals surface area contributed by atoms with Gasteiger partial charge in [-0.2, -0.15) is 5.10 Å². The number of thiophene rings is 1. The number of aromatic nitrogens is 3. The topological polar surface area (TPSA) is 64.8 Å². The summed E-state index contributed by atoms with van der Waals surface area (Å²) in [6.45, 7) is 3.74. The molecule has 0 radical (unpaired) electrons. The smallest absolute Gasteiger partial charge is 0.270 e. The number of likely N-dealkylation sites (tertiary alicyclic amines) is 1. The van der Waals surface area contributed by atoms with Crippen LogP contribution in [0.4, 0.5) is 0 Å². The minimum atomic E-state index is 0.107. The van der Waals surface area contributed by atoms with Gasteiger partial charge in [0.1, 0.15) is 5.69 Å². The molecule has 5 nitrogen and oxygen atoms in total. The van der Waals surface area contributed by atoms with Crippen molar-refractivity contribution in [3.05, 3.63) is 40.7 Å². The minimum absolute atomic E-state index is 0.107. The summed E-state index contributed by atoms with van der Waals surface area (Å²) in [5.41, 5.74) is 4.23. The predicted octanol–water partition coefficient (Wildman–Crippen LogP) is 3.53. The Labute approximate surface area is 138 Å². The predicted molar refractivity (Wildman–Crippen MR) is 92.0 cm³/mol. The molecule has 0 aromatic carbocycles. The molecule has 1 saturated heterocycles. The van der Waals surface area contributed by atoms with Crippen LogP contribution in [0.2, 0.25) is 0 Å². The summed E-state index contributed by atoms with van der Waals surface area (Å²) in [6, 6.07) is 3.99. The highest BCUT2D eigenvalue weighted by Gasteiger charge is 2.28. The molecule has 1 atom stereocenters. The Balaban J connectivity index is 1.54. The molecule has 6 heteroatoms. The van der Waals surface area contributed by atoms with E-state index >= 15 is 0 Å². The van der Waals surface area contributed by atoms with Gasteiger partial charge in [0.15, 0.2) is 0 Å². The Morgan fingerprint density at radius 3 is 3.26 bits per heavy atom. The number of aromatic amines is 2. The Morgan fingerprint density at radius 1 is 1.52 bits per heavy atom. The molecule has 1 aliphatic rings. The molecule has 0 spiro atoms. The van der Waals surface area contributed by atoms with E-state index in [-0.39, 0.29) is 5.91 Å². The third-order valence-electron chi connectivity index (χ3n) is 4.72. The number of rotatable bonds is 3. The summed E-state index contributed by atoms with van der Waals surface area (Å²) >= 11 is 1.66. The van der Waals surface area contributed by atoms with E-state index in [9.17, 15) is 4.79 Å². The molecular weight excluding hydrogens is 308 g/mol. The van der Waals surface area contributed by atoms with Gasteiger partial charge < -0.3 is 9.88 Å². The van der Waals surface area contributed by atoms with Crippen molar-refractivity contribution in [2.24, 2.45) is 0 Å². The van der Waals surface area contributed by atoms with E-state index in [1.165, 1.54) is 11.3 Å². The van der Waals surface area contributed by atoms with Crippen LogP contribution in [0.5, 0.6) is 0 Å². The number of H-pyrrole nitrogens is 2. The molecule has 0 aliphatic carbocycles. The molecule has 1 unspecified atom stereocenters. The van der Waals surface area contributed by atoms with Crippen molar-refractivity contribution in [2.45, 2.75) is 32.1 Å². The standard InChI is InChI=1S/C17H20N4OS/c1-2-11-9-18-20-16(11)12-4-3-6-21(10-12)17(22)14-8-15-13(19-14)5-7-23-15/h5,7-9,12,19H,2-4,6,10H2,1H3,(H,18,20). The molecule has 120 valence electrons. The first-order chi connectivity index (χ1) is 11.3. The number of amides is 1. The van der Waals surface area contributed by atoms with Gasteiger partial charge in [-0.05, 0) is 42.3 Å². The van der Waals surface area contributed by atoms with E-state index in [0.29, 0.717) is 11.6 Å². The van der Waals surface area contributed by atoms with Gasteiger partial charge in [-0.25, -0.2) is 0 Å². The van der Waals surface area contributed by atoms with Gasteiger partial charge in [-0.1, -0.05) is 6.92 Å². The molecule has 3 aromatic heterocycles. The first-order valence-corrected chi connectivity index (χ1v) is 9.02. The van der Waals surface area contributed by atoms with Crippen LogP contribution in [0, 0.1) is 0 Å². The van der Waals surface area contributed by atoms with Gasteiger partial charge in [-0.15, -0.1) is 11.3 Å². The second-order valence-corrected chi connectivity index (χ2v) is 7.08. The number of hydrogen-bond donors (Lipinski definition) is 2. The van der Waals surface area contributed by atoms with Gasteiger partial charge in [0.2, 0.25) is 0 Å². The van der Waals surface area contributed by atoms with Crippen LogP contribution in [0.15, 0.2) is 23.7 Å². The number of aryl methyl sites for hydroxylation is 1. The van der Waals surface area contributed by atoms with Crippen LogP contribution in [-0.2, 0) is 6.42 Å². The summed E-state index contributed by atoms with van der Waals surface area (Å²) in [5, 5.41) is 9.37. The molecule has 4 rings (SSSR count). The van der Waals surface area contributed by atoms with Gasteiger partial charge in [-0.3, -0.25) is 9.89 Å². The molecule has 2 N–H and O–H groups in total. The van der Waals surface area contributed by atoms with Crippen molar-refractivity contribution >= 4 is 27.5 Å². The summed E-state index contributed by atoms with van der Waals surface area (Å²) < 4.78 is 1.14. The fourth-order valence-electron chi connectivity index (χ4n) is 3.49. The molecular formula is C17H20N4OS. The molecule has 1 amide bonds. The molecule has 0 saturated carbocycles. The van der Waals surface area contributed by atoms with Crippen molar-refractivity contribution in [2.75, 3.05) is 13.1 Å². The van der Waals surface area contributed by atoms with E-state index < -0.39 is 0 Å². The molecule has 23 heavy (non-hydrogen) atoms. The Morgan fingerprint density at radius 2 is 2.43 bits per heavy atom. The lowest BCUT2D eigenvalue weighted by atomic mass is 9.92. The number of hydrogen-bond acceptors (Lipinski definition) is 3. The van der Waals surface area contributed by atoms with E-state index in [4.69, 9.17) is 0 Å². The largest absolute Gasteiger partial charge is 0.350 e. The molecule has 4 heterocycles. The highest BCUT2D eigenvalue weighted by atomic mass is 32.1. The van der Waals surface area contributed by atoms with Crippen molar-refractivity contribution in [3.8, 4) is 0 Å². The first-order valence-electron chi connectivity index (χ1n) is 8.14. The zero-order chi connectivity index (χ0) is 15.8. The minimum Gasteiger partial charge on any atom is -0.350 e. The molecule has 1 aliphatic heterocycles. The van der Waals surface area contributed by atoms with Crippen LogP contribution in [0.1, 0.15) is 47.4 Å². The molecule has 0 bridgehead atoms. The summed E-state index contributed by atoms with van der Waals surface area (Å²) in [7, 11) is 0. The number of carbonyl (C=O) groups excluding carboxylic acids is 1. The fourth-order valence-corrected chi connectivity index (χ4v) is 4.27. The maximum atomic E-state index is 12.8. The van der Waals surface area contributed by atoms with E-state index in [1.807, 2.05) is 28.6 Å². The van der Waals surface area contributed by atoms with Crippen LogP contribution < -0.4 is 0 Å². The van der Waals surface area contributed by atoms with E-state index in [1.54, 1.807) is 11.3 Å². The quantitative estimate of drug-likeness (QED) is 0.772. The average molecular weight is 328 g/mol. The Kier molecular flexibility index (Phi) is 3.69. The van der Waals surface area contributed by atoms with Crippen molar-refractivity contribution in [1.29, 1.82) is 0 Å². The number of nitrogens with one attached hydrogen (secondary N) is 2. The van der Waals surface area contributed by atoms with Gasteiger partial charge >= 0.3 is 0 Å². The Hall–Kier alpha value is -2.08. The lowest BCUT2D eigenvalue weighted by Crippen LogP contribution is -2.39. The zero-order valence-electron chi connectivity index (χ0n) is 13.1. The maximum absolute atomic E-state index is 12.8. The van der Waals surface area contributed by atoms with Gasteiger partial charge in [0.25, 0.3) is 5.91 Å². The van der Waals surface area contributed by atoms with Gasteiger partial charge in [0.05, 0.1) is 16.4 Å². The van der Waals surface area contributed by atoms with E-state index in [2.05, 4.69) is 22.1 Å². The number of fused-ring (bicyclic) bond motifs is 1. The number of carbonyl (C=O) groups is 1. The Bertz CT molecular complexity index is 802. The van der Waals surface area contributed by atoms with Gasteiger partial charge in [0, 0.05) is 24.7 Å². The fraction of sp³-hybridized carbons (Fsp3) is 0.412. The highest BCUT2D eigenvalue weighted by Crippen LogP contribution is 2.29. The van der Waals surface area contributed by atoms with Crippen LogP contribution >= 0.6 is 11.3 Å². The monoisotopic (exact) mass is 328 g/mol. The van der Waals surface area contributed by atoms with Crippen molar-refractivity contribution in [1.82, 2.24) is 20.1 Å². The van der Waals surface area contributed by atoms with Crippen molar-refractivity contribution in [3.63, 3.8) is 0 Å². The maximum Gasteiger partial charge on any atom is 0.270 e. The second-order valence-electron chi connectivity index (χ2n) is 6.13. The van der Waals surface area contributed by atoms with Crippen molar-refractivity contribution < 1.29 is 4.79 Å².